The number of nitrogens with zero attached hydrogens (tertiary/aromatic N) is 1. The number of hydrogen-bond acceptors (Lipinski definition) is 6. The van der Waals surface area contributed by atoms with Gasteiger partial charge in [-0.25, -0.2) is 4.79 Å². The van der Waals surface area contributed by atoms with Crippen LogP contribution in [0.25, 0.3) is 0 Å². The van der Waals surface area contributed by atoms with Crippen LogP contribution in [0, 0.1) is 0 Å². The second-order valence-electron chi connectivity index (χ2n) is 8.90. The lowest BCUT2D eigenvalue weighted by Crippen LogP contribution is -2.44. The number of esters is 1. The first-order chi connectivity index (χ1) is 18.0. The normalized spacial score (nSPS) is 15.4. The third kappa shape index (κ3) is 5.56. The summed E-state index contributed by atoms with van der Waals surface area (Å²) in [4.78, 5) is 27.7. The maximum absolute atomic E-state index is 14.0. The predicted octanol–water partition coefficient (Wildman–Crippen LogP) is 5.19. The number of methoxy groups -OCH3 is 3. The van der Waals surface area contributed by atoms with Crippen LogP contribution >= 0.6 is 0 Å². The van der Waals surface area contributed by atoms with Crippen molar-refractivity contribution in [2.24, 2.45) is 0 Å². The van der Waals surface area contributed by atoms with E-state index in [0.717, 1.165) is 16.7 Å². The zero-order valence-corrected chi connectivity index (χ0v) is 21.7. The molecule has 0 bridgehead atoms. The average molecular weight is 504 g/mol. The lowest BCUT2D eigenvalue weighted by atomic mass is 9.89. The molecule has 7 nitrogen and oxygen atoms in total. The zero-order chi connectivity index (χ0) is 26.4. The van der Waals surface area contributed by atoms with Gasteiger partial charge in [0.05, 0.1) is 38.9 Å². The lowest BCUT2D eigenvalue weighted by molar-refractivity contribution is -0.136. The number of ether oxygens (including phenoxy) is 4. The van der Waals surface area contributed by atoms with Gasteiger partial charge in [0.15, 0.2) is 11.5 Å². The van der Waals surface area contributed by atoms with E-state index in [9.17, 15) is 9.59 Å². The number of fused-ring (bicyclic) bond motifs is 1. The van der Waals surface area contributed by atoms with Crippen LogP contribution in [0.3, 0.4) is 0 Å². The molecule has 3 aromatic rings. The molecule has 1 aliphatic rings. The van der Waals surface area contributed by atoms with Crippen molar-refractivity contribution in [3.8, 4) is 17.2 Å². The zero-order valence-electron chi connectivity index (χ0n) is 21.7. The van der Waals surface area contributed by atoms with Gasteiger partial charge < -0.3 is 23.8 Å². The van der Waals surface area contributed by atoms with Crippen molar-refractivity contribution >= 4 is 11.9 Å². The highest BCUT2D eigenvalue weighted by Crippen LogP contribution is 2.40. The van der Waals surface area contributed by atoms with Crippen LogP contribution in [0.1, 0.15) is 52.4 Å². The summed E-state index contributed by atoms with van der Waals surface area (Å²) in [6.45, 7) is 2.85. The van der Waals surface area contributed by atoms with E-state index in [-0.39, 0.29) is 24.5 Å². The average Bonchev–Trinajstić information content (AvgIpc) is 2.95. The number of rotatable bonds is 9. The van der Waals surface area contributed by atoms with E-state index in [2.05, 4.69) is 0 Å². The van der Waals surface area contributed by atoms with Gasteiger partial charge in [-0.05, 0) is 65.9 Å². The van der Waals surface area contributed by atoms with Crippen molar-refractivity contribution in [1.29, 1.82) is 0 Å². The Balaban J connectivity index is 1.66. The summed E-state index contributed by atoms with van der Waals surface area (Å²) in [7, 11) is 4.57. The fraction of sp³-hybridized carbons (Fsp3) is 0.333. The number of amides is 1. The quantitative estimate of drug-likeness (QED) is 0.374. The summed E-state index contributed by atoms with van der Waals surface area (Å²) in [6.07, 6.45) is 1.40. The Labute approximate surface area is 217 Å². The summed E-state index contributed by atoms with van der Waals surface area (Å²) >= 11 is 0. The maximum Gasteiger partial charge on any atom is 0.337 e. The summed E-state index contributed by atoms with van der Waals surface area (Å²) < 4.78 is 22.1. The Hall–Kier alpha value is -4.00. The second-order valence-corrected chi connectivity index (χ2v) is 8.90. The fourth-order valence-electron chi connectivity index (χ4n) is 4.89. The van der Waals surface area contributed by atoms with Gasteiger partial charge >= 0.3 is 5.97 Å². The monoisotopic (exact) mass is 503 g/mol. The molecule has 0 aliphatic carbocycles. The highest BCUT2D eigenvalue weighted by atomic mass is 16.5. The van der Waals surface area contributed by atoms with Gasteiger partial charge in [-0.2, -0.15) is 0 Å². The van der Waals surface area contributed by atoms with Crippen LogP contribution < -0.4 is 14.2 Å². The first-order valence-electron chi connectivity index (χ1n) is 12.4. The molecular weight excluding hydrogens is 470 g/mol. The molecule has 7 heteroatoms. The third-order valence-corrected chi connectivity index (χ3v) is 6.88. The van der Waals surface area contributed by atoms with Crippen LogP contribution in [0.2, 0.25) is 0 Å². The van der Waals surface area contributed by atoms with Crippen LogP contribution in [0.4, 0.5) is 0 Å². The number of carbonyl (C=O) groups excluding carboxylic acids is 2. The van der Waals surface area contributed by atoms with E-state index in [1.165, 1.54) is 7.11 Å². The molecule has 0 aromatic heterocycles. The molecule has 2 atom stereocenters. The largest absolute Gasteiger partial charge is 0.493 e. The van der Waals surface area contributed by atoms with Gasteiger partial charge in [0.1, 0.15) is 12.4 Å². The molecule has 0 spiro atoms. The maximum atomic E-state index is 14.0. The van der Waals surface area contributed by atoms with E-state index < -0.39 is 5.97 Å². The van der Waals surface area contributed by atoms with Crippen molar-refractivity contribution in [2.45, 2.75) is 31.7 Å². The summed E-state index contributed by atoms with van der Waals surface area (Å²) in [5.41, 5.74) is 3.53. The van der Waals surface area contributed by atoms with Crippen LogP contribution in [-0.4, -0.2) is 51.3 Å². The minimum atomic E-state index is -0.405. The van der Waals surface area contributed by atoms with E-state index in [1.54, 1.807) is 38.5 Å². The molecule has 1 heterocycles. The minimum Gasteiger partial charge on any atom is -0.493 e. The first kappa shape index (κ1) is 26.1. The van der Waals surface area contributed by atoms with Gasteiger partial charge in [-0.1, -0.05) is 37.3 Å². The molecule has 0 N–H and O–H groups in total. The lowest BCUT2D eigenvalue weighted by Gasteiger charge is -2.39. The molecule has 3 aromatic carbocycles. The van der Waals surface area contributed by atoms with Crippen molar-refractivity contribution in [1.82, 2.24) is 4.90 Å². The standard InChI is InChI=1S/C30H33NO6/c1-5-24(20-9-7-6-8-10-20)29(32)31-16-15-22-17-27(34-2)28(35-3)18-25(22)26(31)19-37-23-13-11-21(12-14-23)30(33)36-4/h6-14,17-18,24,26H,5,15-16,19H2,1-4H3. The Morgan fingerprint density at radius 2 is 1.62 bits per heavy atom. The first-order valence-corrected chi connectivity index (χ1v) is 12.4. The molecule has 1 aliphatic heterocycles. The van der Waals surface area contributed by atoms with Crippen LogP contribution in [0.15, 0.2) is 66.7 Å². The third-order valence-electron chi connectivity index (χ3n) is 6.88. The van der Waals surface area contributed by atoms with Crippen LogP contribution in [-0.2, 0) is 16.0 Å². The molecule has 4 rings (SSSR count). The van der Waals surface area contributed by atoms with Crippen molar-refractivity contribution in [3.63, 3.8) is 0 Å². The van der Waals surface area contributed by atoms with Crippen molar-refractivity contribution in [2.75, 3.05) is 34.5 Å². The van der Waals surface area contributed by atoms with Gasteiger partial charge in [0.25, 0.3) is 0 Å². The fourth-order valence-corrected chi connectivity index (χ4v) is 4.89. The minimum absolute atomic E-state index is 0.0729. The van der Waals surface area contributed by atoms with Crippen LogP contribution in [0.5, 0.6) is 17.2 Å². The van der Waals surface area contributed by atoms with E-state index in [4.69, 9.17) is 18.9 Å². The number of hydrogen-bond donors (Lipinski definition) is 0. The van der Waals surface area contributed by atoms with Gasteiger partial charge in [0.2, 0.25) is 5.91 Å². The van der Waals surface area contributed by atoms with E-state index in [0.29, 0.717) is 42.2 Å². The number of benzene rings is 3. The Morgan fingerprint density at radius 3 is 2.24 bits per heavy atom. The molecule has 194 valence electrons. The Morgan fingerprint density at radius 1 is 0.946 bits per heavy atom. The molecule has 1 amide bonds. The molecule has 37 heavy (non-hydrogen) atoms. The summed E-state index contributed by atoms with van der Waals surface area (Å²) in [6, 6.07) is 20.3. The van der Waals surface area contributed by atoms with E-state index >= 15 is 0 Å². The van der Waals surface area contributed by atoms with Gasteiger partial charge in [-0.3, -0.25) is 4.79 Å². The molecule has 0 saturated carbocycles. The summed E-state index contributed by atoms with van der Waals surface area (Å²) in [5, 5.41) is 0. The highest BCUT2D eigenvalue weighted by Gasteiger charge is 2.36. The van der Waals surface area contributed by atoms with Crippen molar-refractivity contribution < 1.29 is 28.5 Å². The molecular formula is C30H33NO6. The Bertz CT molecular complexity index is 1220. The smallest absolute Gasteiger partial charge is 0.337 e. The predicted molar refractivity (Wildman–Crippen MR) is 140 cm³/mol. The number of carbonyl (C=O) groups is 2. The Kier molecular flexibility index (Phi) is 8.33. The van der Waals surface area contributed by atoms with E-state index in [1.807, 2.05) is 54.3 Å². The summed E-state index contributed by atoms with van der Waals surface area (Å²) in [5.74, 6) is 1.29. The SMILES string of the molecule is CCC(C(=O)N1CCc2cc(OC)c(OC)cc2C1COc1ccc(C(=O)OC)cc1)c1ccccc1. The van der Waals surface area contributed by atoms with Crippen molar-refractivity contribution in [3.05, 3.63) is 89.0 Å². The molecule has 0 fully saturated rings. The molecule has 2 unspecified atom stereocenters. The molecule has 0 saturated heterocycles. The second kappa shape index (κ2) is 11.8. The molecule has 0 radical (unpaired) electrons. The topological polar surface area (TPSA) is 74.3 Å². The highest BCUT2D eigenvalue weighted by molar-refractivity contribution is 5.89. The van der Waals surface area contributed by atoms with Gasteiger partial charge in [0, 0.05) is 6.54 Å². The van der Waals surface area contributed by atoms with Gasteiger partial charge in [-0.15, -0.1) is 0 Å².